The van der Waals surface area contributed by atoms with E-state index in [9.17, 15) is 4.79 Å². The van der Waals surface area contributed by atoms with Gasteiger partial charge >= 0.3 is 0 Å². The first-order valence-corrected chi connectivity index (χ1v) is 7.18. The third-order valence-corrected chi connectivity index (χ3v) is 3.72. The predicted octanol–water partition coefficient (Wildman–Crippen LogP) is 4.32. The molecule has 0 aliphatic heterocycles. The van der Waals surface area contributed by atoms with Gasteiger partial charge in [0.05, 0.1) is 12.5 Å². The van der Waals surface area contributed by atoms with Crippen molar-refractivity contribution in [1.29, 1.82) is 5.26 Å². The Morgan fingerprint density at radius 2 is 1.86 bits per heavy atom. The summed E-state index contributed by atoms with van der Waals surface area (Å²) in [5.41, 5.74) is 3.01. The number of hydrogen-bond acceptors (Lipinski definition) is 2. The maximum atomic E-state index is 11.9. The molecule has 2 aromatic rings. The van der Waals surface area contributed by atoms with Crippen LogP contribution in [0.4, 0.5) is 0 Å². The number of ketones is 1. The molecule has 1 atom stereocenters. The van der Waals surface area contributed by atoms with Crippen molar-refractivity contribution in [3.05, 3.63) is 70.2 Å². The normalized spacial score (nSPS) is 11.7. The molecule has 0 aliphatic carbocycles. The van der Waals surface area contributed by atoms with Crippen LogP contribution in [-0.4, -0.2) is 5.78 Å². The second kappa shape index (κ2) is 7.06. The lowest BCUT2D eigenvalue weighted by Crippen LogP contribution is -2.12. The fraction of sp³-hybridized carbons (Fsp3) is 0.222. The van der Waals surface area contributed by atoms with Crippen LogP contribution < -0.4 is 0 Å². The zero-order valence-corrected chi connectivity index (χ0v) is 12.6. The van der Waals surface area contributed by atoms with Crippen LogP contribution in [0.15, 0.2) is 48.5 Å². The van der Waals surface area contributed by atoms with Crippen LogP contribution in [0.1, 0.15) is 29.5 Å². The van der Waals surface area contributed by atoms with Crippen LogP contribution >= 0.6 is 11.6 Å². The second-order valence-corrected chi connectivity index (χ2v) is 5.51. The maximum Gasteiger partial charge on any atom is 0.137 e. The van der Waals surface area contributed by atoms with Crippen LogP contribution in [0.5, 0.6) is 0 Å². The highest BCUT2D eigenvalue weighted by Crippen LogP contribution is 2.24. The Bertz CT molecular complexity index is 670. The van der Waals surface area contributed by atoms with Gasteiger partial charge in [0.2, 0.25) is 0 Å². The Morgan fingerprint density at radius 1 is 1.19 bits per heavy atom. The SMILES string of the molecule is CC(=O)C(Cc1ccc(CC#N)cc1)c1cccc(Cl)c1. The van der Waals surface area contributed by atoms with Gasteiger partial charge in [-0.15, -0.1) is 0 Å². The van der Waals surface area contributed by atoms with Crippen LogP contribution in [0.3, 0.4) is 0 Å². The molecule has 0 radical (unpaired) electrons. The molecule has 2 aromatic carbocycles. The van der Waals surface area contributed by atoms with Crippen molar-refractivity contribution in [1.82, 2.24) is 0 Å². The van der Waals surface area contributed by atoms with E-state index >= 15 is 0 Å². The minimum atomic E-state index is -0.189. The van der Waals surface area contributed by atoms with E-state index in [1.165, 1.54) is 0 Å². The standard InChI is InChI=1S/C18H16ClNO/c1-13(21)18(16-3-2-4-17(19)12-16)11-15-7-5-14(6-8-15)9-10-20/h2-8,12,18H,9,11H2,1H3. The Hall–Kier alpha value is -2.11. The average Bonchev–Trinajstić information content (AvgIpc) is 2.46. The molecule has 0 aromatic heterocycles. The third-order valence-electron chi connectivity index (χ3n) is 3.49. The lowest BCUT2D eigenvalue weighted by Gasteiger charge is -2.15. The van der Waals surface area contributed by atoms with Gasteiger partial charge in [0, 0.05) is 10.9 Å². The summed E-state index contributed by atoms with van der Waals surface area (Å²) < 4.78 is 0. The molecule has 1 unspecified atom stereocenters. The zero-order chi connectivity index (χ0) is 15.2. The summed E-state index contributed by atoms with van der Waals surface area (Å²) in [7, 11) is 0. The summed E-state index contributed by atoms with van der Waals surface area (Å²) >= 11 is 6.01. The highest BCUT2D eigenvalue weighted by Gasteiger charge is 2.17. The van der Waals surface area contributed by atoms with Crippen molar-refractivity contribution in [2.45, 2.75) is 25.7 Å². The van der Waals surface area contributed by atoms with Crippen LogP contribution in [0.2, 0.25) is 5.02 Å². The maximum absolute atomic E-state index is 11.9. The molecular weight excluding hydrogens is 282 g/mol. The largest absolute Gasteiger partial charge is 0.299 e. The van der Waals surface area contributed by atoms with Crippen LogP contribution in [-0.2, 0) is 17.6 Å². The van der Waals surface area contributed by atoms with Crippen molar-refractivity contribution >= 4 is 17.4 Å². The van der Waals surface area contributed by atoms with Crippen LogP contribution in [0.25, 0.3) is 0 Å². The molecule has 3 heteroatoms. The molecule has 0 aliphatic rings. The highest BCUT2D eigenvalue weighted by molar-refractivity contribution is 6.30. The van der Waals surface area contributed by atoms with Crippen molar-refractivity contribution in [3.8, 4) is 6.07 Å². The smallest absolute Gasteiger partial charge is 0.137 e. The van der Waals surface area contributed by atoms with Gasteiger partial charge in [0.25, 0.3) is 0 Å². The van der Waals surface area contributed by atoms with Gasteiger partial charge < -0.3 is 0 Å². The van der Waals surface area contributed by atoms with Gasteiger partial charge in [-0.05, 0) is 42.2 Å². The first kappa shape index (κ1) is 15.3. The topological polar surface area (TPSA) is 40.9 Å². The number of nitrogens with zero attached hydrogens (tertiary/aromatic N) is 1. The predicted molar refractivity (Wildman–Crippen MR) is 84.3 cm³/mol. The molecule has 0 saturated carbocycles. The summed E-state index contributed by atoms with van der Waals surface area (Å²) in [4.78, 5) is 11.9. The Morgan fingerprint density at radius 3 is 2.43 bits per heavy atom. The molecular formula is C18H16ClNO. The van der Waals surface area contributed by atoms with Gasteiger partial charge in [-0.25, -0.2) is 0 Å². The van der Waals surface area contributed by atoms with E-state index in [-0.39, 0.29) is 11.7 Å². The molecule has 0 spiro atoms. The molecule has 0 N–H and O–H groups in total. The Kier molecular flexibility index (Phi) is 5.14. The van der Waals surface area contributed by atoms with Crippen molar-refractivity contribution < 1.29 is 4.79 Å². The number of benzene rings is 2. The number of halogens is 1. The molecule has 0 heterocycles. The number of hydrogen-bond donors (Lipinski definition) is 0. The summed E-state index contributed by atoms with van der Waals surface area (Å²) in [6, 6.07) is 17.4. The van der Waals surface area contributed by atoms with Gasteiger partial charge in [0.15, 0.2) is 0 Å². The first-order valence-electron chi connectivity index (χ1n) is 6.81. The Balaban J connectivity index is 2.21. The molecule has 2 nitrogen and oxygen atoms in total. The fourth-order valence-electron chi connectivity index (χ4n) is 2.34. The molecule has 21 heavy (non-hydrogen) atoms. The van der Waals surface area contributed by atoms with Gasteiger partial charge in [0.1, 0.15) is 5.78 Å². The summed E-state index contributed by atoms with van der Waals surface area (Å²) in [5.74, 6) is -0.0658. The molecule has 0 saturated heterocycles. The third kappa shape index (κ3) is 4.18. The quantitative estimate of drug-likeness (QED) is 0.824. The van der Waals surface area contributed by atoms with Gasteiger partial charge in [-0.2, -0.15) is 5.26 Å². The first-order chi connectivity index (χ1) is 10.1. The number of nitriles is 1. The van der Waals surface area contributed by atoms with E-state index in [1.54, 1.807) is 13.0 Å². The number of rotatable bonds is 5. The number of Topliss-reactive ketones (excluding diaryl/α,β-unsaturated/α-hetero) is 1. The monoisotopic (exact) mass is 297 g/mol. The van der Waals surface area contributed by atoms with E-state index in [4.69, 9.17) is 16.9 Å². The molecule has 106 valence electrons. The van der Waals surface area contributed by atoms with Crippen LogP contribution in [0, 0.1) is 11.3 Å². The summed E-state index contributed by atoms with van der Waals surface area (Å²) in [6.07, 6.45) is 1.05. The minimum absolute atomic E-state index is 0.123. The van der Waals surface area contributed by atoms with Gasteiger partial charge in [-0.1, -0.05) is 48.0 Å². The molecule has 2 rings (SSSR count). The van der Waals surface area contributed by atoms with E-state index in [1.807, 2.05) is 42.5 Å². The highest BCUT2D eigenvalue weighted by atomic mass is 35.5. The van der Waals surface area contributed by atoms with Crippen molar-refractivity contribution in [3.63, 3.8) is 0 Å². The van der Waals surface area contributed by atoms with Crippen molar-refractivity contribution in [2.24, 2.45) is 0 Å². The average molecular weight is 298 g/mol. The zero-order valence-electron chi connectivity index (χ0n) is 11.8. The van der Waals surface area contributed by atoms with E-state index in [2.05, 4.69) is 6.07 Å². The van der Waals surface area contributed by atoms with E-state index in [0.717, 1.165) is 16.7 Å². The van der Waals surface area contributed by atoms with Crippen molar-refractivity contribution in [2.75, 3.05) is 0 Å². The molecule has 0 amide bonds. The second-order valence-electron chi connectivity index (χ2n) is 5.07. The number of carbonyl (C=O) groups is 1. The number of carbonyl (C=O) groups excluding carboxylic acids is 1. The van der Waals surface area contributed by atoms with E-state index in [0.29, 0.717) is 17.9 Å². The summed E-state index contributed by atoms with van der Waals surface area (Å²) in [6.45, 7) is 1.61. The summed E-state index contributed by atoms with van der Waals surface area (Å²) in [5, 5.41) is 9.32. The lowest BCUT2D eigenvalue weighted by molar-refractivity contribution is -0.118. The molecule has 0 fully saturated rings. The minimum Gasteiger partial charge on any atom is -0.299 e. The van der Waals surface area contributed by atoms with E-state index < -0.39 is 0 Å². The Labute approximate surface area is 130 Å². The molecule has 0 bridgehead atoms. The lowest BCUT2D eigenvalue weighted by atomic mass is 9.89. The fourth-order valence-corrected chi connectivity index (χ4v) is 2.54. The van der Waals surface area contributed by atoms with Gasteiger partial charge in [-0.3, -0.25) is 4.79 Å².